The topological polar surface area (TPSA) is 38.9 Å². The van der Waals surface area contributed by atoms with E-state index in [1.165, 1.54) is 11.1 Å². The molecule has 1 heterocycles. The minimum Gasteiger partial charge on any atom is -0.322 e. The Bertz CT molecular complexity index is 465. The summed E-state index contributed by atoms with van der Waals surface area (Å²) in [5.74, 6) is 0. The molecule has 1 unspecified atom stereocenters. The minimum atomic E-state index is -0.0199. The van der Waals surface area contributed by atoms with E-state index in [9.17, 15) is 0 Å². The van der Waals surface area contributed by atoms with Gasteiger partial charge in [-0.2, -0.15) is 0 Å². The molecular formula is C15H18N2. The summed E-state index contributed by atoms with van der Waals surface area (Å²) >= 11 is 0. The summed E-state index contributed by atoms with van der Waals surface area (Å²) in [7, 11) is 0. The summed E-state index contributed by atoms with van der Waals surface area (Å²) in [6.07, 6.45) is 3.63. The van der Waals surface area contributed by atoms with Crippen molar-refractivity contribution < 1.29 is 0 Å². The molecule has 0 aliphatic heterocycles. The van der Waals surface area contributed by atoms with E-state index in [1.807, 2.05) is 30.5 Å². The van der Waals surface area contributed by atoms with Crippen molar-refractivity contribution in [1.82, 2.24) is 4.98 Å². The Hall–Kier alpha value is -1.67. The zero-order valence-corrected chi connectivity index (χ0v) is 10.1. The Balaban J connectivity index is 2.17. The molecule has 2 rings (SSSR count). The Morgan fingerprint density at radius 3 is 2.59 bits per heavy atom. The van der Waals surface area contributed by atoms with E-state index in [-0.39, 0.29) is 6.04 Å². The zero-order valence-electron chi connectivity index (χ0n) is 10.1. The highest BCUT2D eigenvalue weighted by Crippen LogP contribution is 2.18. The number of hydrogen-bond acceptors (Lipinski definition) is 2. The fraction of sp³-hybridized carbons (Fsp3) is 0.267. The third-order valence-electron chi connectivity index (χ3n) is 2.96. The van der Waals surface area contributed by atoms with Gasteiger partial charge in [-0.25, -0.2) is 0 Å². The summed E-state index contributed by atoms with van der Waals surface area (Å²) < 4.78 is 0. The quantitative estimate of drug-likeness (QED) is 0.870. The van der Waals surface area contributed by atoms with Crippen LogP contribution in [-0.2, 0) is 12.8 Å². The zero-order chi connectivity index (χ0) is 12.1. The van der Waals surface area contributed by atoms with Gasteiger partial charge in [-0.1, -0.05) is 43.3 Å². The number of nitrogens with two attached hydrogens (primary N) is 1. The van der Waals surface area contributed by atoms with Crippen LogP contribution in [0.2, 0.25) is 0 Å². The van der Waals surface area contributed by atoms with Crippen LogP contribution < -0.4 is 5.73 Å². The van der Waals surface area contributed by atoms with E-state index in [2.05, 4.69) is 30.1 Å². The van der Waals surface area contributed by atoms with E-state index in [0.29, 0.717) is 0 Å². The molecule has 0 aliphatic rings. The average Bonchev–Trinajstić information content (AvgIpc) is 2.40. The van der Waals surface area contributed by atoms with Crippen LogP contribution in [0.4, 0.5) is 0 Å². The van der Waals surface area contributed by atoms with Gasteiger partial charge in [-0.15, -0.1) is 0 Å². The van der Waals surface area contributed by atoms with Crippen LogP contribution in [0, 0.1) is 0 Å². The normalized spacial score (nSPS) is 12.4. The van der Waals surface area contributed by atoms with Crippen molar-refractivity contribution in [3.05, 3.63) is 65.5 Å². The molecule has 0 spiro atoms. The molecule has 2 nitrogen and oxygen atoms in total. The fourth-order valence-electron chi connectivity index (χ4n) is 2.05. The Morgan fingerprint density at radius 2 is 1.88 bits per heavy atom. The molecule has 1 aromatic carbocycles. The molecule has 0 radical (unpaired) electrons. The second-order valence-electron chi connectivity index (χ2n) is 4.20. The van der Waals surface area contributed by atoms with Crippen LogP contribution in [0.25, 0.3) is 0 Å². The van der Waals surface area contributed by atoms with Crippen molar-refractivity contribution >= 4 is 0 Å². The van der Waals surface area contributed by atoms with Gasteiger partial charge in [0.05, 0.1) is 11.7 Å². The summed E-state index contributed by atoms with van der Waals surface area (Å²) in [6, 6.07) is 14.4. The van der Waals surface area contributed by atoms with Gasteiger partial charge < -0.3 is 5.73 Å². The number of nitrogens with zero attached hydrogens (tertiary/aromatic N) is 1. The first-order chi connectivity index (χ1) is 8.31. The lowest BCUT2D eigenvalue weighted by Gasteiger charge is -2.14. The SMILES string of the molecule is CCc1cccnc1C(N)Cc1ccccc1. The molecule has 1 aromatic heterocycles. The second kappa shape index (κ2) is 5.60. The van der Waals surface area contributed by atoms with Gasteiger partial charge in [0.25, 0.3) is 0 Å². The van der Waals surface area contributed by atoms with Gasteiger partial charge in [-0.05, 0) is 30.0 Å². The molecule has 0 saturated heterocycles. The first-order valence-corrected chi connectivity index (χ1v) is 6.04. The number of aryl methyl sites for hydroxylation is 1. The maximum absolute atomic E-state index is 6.24. The molecular weight excluding hydrogens is 208 g/mol. The monoisotopic (exact) mass is 226 g/mol. The van der Waals surface area contributed by atoms with Crippen LogP contribution in [0.5, 0.6) is 0 Å². The van der Waals surface area contributed by atoms with E-state index >= 15 is 0 Å². The summed E-state index contributed by atoms with van der Waals surface area (Å²) in [5, 5.41) is 0. The molecule has 0 bridgehead atoms. The average molecular weight is 226 g/mol. The largest absolute Gasteiger partial charge is 0.322 e. The molecule has 0 aliphatic carbocycles. The van der Waals surface area contributed by atoms with Crippen molar-refractivity contribution in [1.29, 1.82) is 0 Å². The van der Waals surface area contributed by atoms with E-state index in [4.69, 9.17) is 5.73 Å². The van der Waals surface area contributed by atoms with Crippen molar-refractivity contribution in [3.8, 4) is 0 Å². The van der Waals surface area contributed by atoms with Crippen LogP contribution in [0.3, 0.4) is 0 Å². The molecule has 17 heavy (non-hydrogen) atoms. The summed E-state index contributed by atoms with van der Waals surface area (Å²) in [5.41, 5.74) is 9.77. The van der Waals surface area contributed by atoms with Crippen molar-refractivity contribution in [2.45, 2.75) is 25.8 Å². The maximum Gasteiger partial charge on any atom is 0.0606 e. The van der Waals surface area contributed by atoms with Crippen LogP contribution in [0.1, 0.15) is 29.8 Å². The lowest BCUT2D eigenvalue weighted by molar-refractivity contribution is 0.685. The third-order valence-corrected chi connectivity index (χ3v) is 2.96. The highest BCUT2D eigenvalue weighted by atomic mass is 14.8. The number of pyridine rings is 1. The fourth-order valence-corrected chi connectivity index (χ4v) is 2.05. The molecule has 88 valence electrons. The van der Waals surface area contributed by atoms with Crippen molar-refractivity contribution in [3.63, 3.8) is 0 Å². The predicted molar refractivity (Wildman–Crippen MR) is 70.7 cm³/mol. The Labute approximate surface area is 103 Å². The Morgan fingerprint density at radius 1 is 1.12 bits per heavy atom. The first-order valence-electron chi connectivity index (χ1n) is 6.04. The van der Waals surface area contributed by atoms with Gasteiger partial charge in [0, 0.05) is 6.20 Å². The first kappa shape index (κ1) is 11.8. The lowest BCUT2D eigenvalue weighted by Crippen LogP contribution is -2.16. The van der Waals surface area contributed by atoms with Gasteiger partial charge in [-0.3, -0.25) is 4.98 Å². The van der Waals surface area contributed by atoms with Crippen molar-refractivity contribution in [2.75, 3.05) is 0 Å². The molecule has 0 amide bonds. The van der Waals surface area contributed by atoms with Crippen molar-refractivity contribution in [2.24, 2.45) is 5.73 Å². The number of hydrogen-bond donors (Lipinski definition) is 1. The van der Waals surface area contributed by atoms with E-state index in [1.54, 1.807) is 0 Å². The number of rotatable bonds is 4. The molecule has 0 saturated carbocycles. The lowest BCUT2D eigenvalue weighted by atomic mass is 9.99. The minimum absolute atomic E-state index is 0.0199. The highest BCUT2D eigenvalue weighted by Gasteiger charge is 2.11. The number of benzene rings is 1. The van der Waals surface area contributed by atoms with Gasteiger partial charge >= 0.3 is 0 Å². The third kappa shape index (κ3) is 2.92. The molecule has 2 aromatic rings. The predicted octanol–water partition coefficient (Wildman–Crippen LogP) is 2.89. The Kier molecular flexibility index (Phi) is 3.89. The summed E-state index contributed by atoms with van der Waals surface area (Å²) in [6.45, 7) is 2.13. The molecule has 0 fully saturated rings. The maximum atomic E-state index is 6.24. The highest BCUT2D eigenvalue weighted by molar-refractivity contribution is 5.25. The molecule has 2 heteroatoms. The molecule has 1 atom stereocenters. The van der Waals surface area contributed by atoms with Crippen LogP contribution in [-0.4, -0.2) is 4.98 Å². The number of aromatic nitrogens is 1. The summed E-state index contributed by atoms with van der Waals surface area (Å²) in [4.78, 5) is 4.42. The smallest absolute Gasteiger partial charge is 0.0606 e. The van der Waals surface area contributed by atoms with Crippen LogP contribution in [0.15, 0.2) is 48.7 Å². The van der Waals surface area contributed by atoms with Crippen LogP contribution >= 0.6 is 0 Å². The van der Waals surface area contributed by atoms with Gasteiger partial charge in [0.15, 0.2) is 0 Å². The van der Waals surface area contributed by atoms with E-state index < -0.39 is 0 Å². The van der Waals surface area contributed by atoms with E-state index in [0.717, 1.165) is 18.5 Å². The van der Waals surface area contributed by atoms with Gasteiger partial charge in [0.2, 0.25) is 0 Å². The van der Waals surface area contributed by atoms with Gasteiger partial charge in [0.1, 0.15) is 0 Å². The standard InChI is InChI=1S/C15H18N2/c1-2-13-9-6-10-17-15(13)14(16)11-12-7-4-3-5-8-12/h3-10,14H,2,11,16H2,1H3. The second-order valence-corrected chi connectivity index (χ2v) is 4.20. The molecule has 2 N–H and O–H groups in total.